The fourth-order valence-corrected chi connectivity index (χ4v) is 3.09. The molecule has 0 spiro atoms. The van der Waals surface area contributed by atoms with Crippen molar-refractivity contribution in [3.8, 4) is 0 Å². The van der Waals surface area contributed by atoms with E-state index in [-0.39, 0.29) is 5.91 Å². The highest BCUT2D eigenvalue weighted by molar-refractivity contribution is 9.11. The van der Waals surface area contributed by atoms with Gasteiger partial charge in [0.1, 0.15) is 0 Å². The summed E-state index contributed by atoms with van der Waals surface area (Å²) < 4.78 is 1.71. The predicted octanol–water partition coefficient (Wildman–Crippen LogP) is 4.84. The zero-order valence-electron chi connectivity index (χ0n) is 10.5. The van der Waals surface area contributed by atoms with Crippen LogP contribution in [0.15, 0.2) is 51.4 Å². The topological polar surface area (TPSA) is 29.1 Å². The molecule has 0 aliphatic heterocycles. The Morgan fingerprint density at radius 1 is 1.10 bits per heavy atom. The Balaban J connectivity index is 1.90. The van der Waals surface area contributed by atoms with E-state index in [1.807, 2.05) is 36.4 Å². The summed E-state index contributed by atoms with van der Waals surface area (Å²) >= 11 is 12.6. The molecule has 1 N–H and O–H groups in total. The smallest absolute Gasteiger partial charge is 0.252 e. The highest BCUT2D eigenvalue weighted by atomic mass is 79.9. The van der Waals surface area contributed by atoms with Crippen LogP contribution in [-0.2, 0) is 6.42 Å². The van der Waals surface area contributed by atoms with E-state index in [1.54, 1.807) is 6.07 Å². The third-order valence-corrected chi connectivity index (χ3v) is 4.19. The number of rotatable bonds is 4. The van der Waals surface area contributed by atoms with E-state index in [0.717, 1.165) is 26.0 Å². The van der Waals surface area contributed by atoms with Gasteiger partial charge in [0.05, 0.1) is 5.56 Å². The molecule has 104 valence electrons. The normalized spacial score (nSPS) is 10.3. The molecule has 0 aliphatic rings. The third kappa shape index (κ3) is 4.33. The van der Waals surface area contributed by atoms with Crippen molar-refractivity contribution in [2.45, 2.75) is 6.42 Å². The summed E-state index contributed by atoms with van der Waals surface area (Å²) in [6, 6.07) is 13.1. The molecule has 2 aromatic carbocycles. The molecule has 0 unspecified atom stereocenters. The van der Waals surface area contributed by atoms with Crippen molar-refractivity contribution in [1.82, 2.24) is 5.32 Å². The number of amides is 1. The average molecular weight is 418 g/mol. The molecule has 2 nitrogen and oxygen atoms in total. The highest BCUT2D eigenvalue weighted by Gasteiger charge is 2.09. The van der Waals surface area contributed by atoms with Gasteiger partial charge in [0.2, 0.25) is 0 Å². The van der Waals surface area contributed by atoms with Gasteiger partial charge in [-0.25, -0.2) is 0 Å². The minimum absolute atomic E-state index is 0.0849. The number of halogens is 3. The summed E-state index contributed by atoms with van der Waals surface area (Å²) in [7, 11) is 0. The van der Waals surface area contributed by atoms with Crippen LogP contribution in [0.2, 0.25) is 5.02 Å². The number of nitrogens with one attached hydrogen (secondary N) is 1. The number of hydrogen-bond acceptors (Lipinski definition) is 1. The van der Waals surface area contributed by atoms with Gasteiger partial charge in [0, 0.05) is 20.5 Å². The maximum absolute atomic E-state index is 12.0. The summed E-state index contributed by atoms with van der Waals surface area (Å²) in [5, 5.41) is 3.62. The summed E-state index contributed by atoms with van der Waals surface area (Å²) in [6.07, 6.45) is 0.775. The molecule has 0 fully saturated rings. The second-order valence-corrected chi connectivity index (χ2v) is 6.46. The van der Waals surface area contributed by atoms with Gasteiger partial charge in [-0.15, -0.1) is 0 Å². The lowest BCUT2D eigenvalue weighted by Gasteiger charge is -2.07. The lowest BCUT2D eigenvalue weighted by molar-refractivity contribution is 0.0953. The first-order chi connectivity index (χ1) is 9.56. The van der Waals surface area contributed by atoms with Crippen LogP contribution in [0.4, 0.5) is 0 Å². The fourth-order valence-electron chi connectivity index (χ4n) is 1.74. The molecular weight excluding hydrogens is 405 g/mol. The van der Waals surface area contributed by atoms with Crippen LogP contribution in [-0.4, -0.2) is 12.5 Å². The highest BCUT2D eigenvalue weighted by Crippen LogP contribution is 2.21. The van der Waals surface area contributed by atoms with Crippen molar-refractivity contribution in [2.75, 3.05) is 6.54 Å². The Morgan fingerprint density at radius 3 is 2.45 bits per heavy atom. The van der Waals surface area contributed by atoms with Crippen molar-refractivity contribution in [1.29, 1.82) is 0 Å². The Hall–Kier alpha value is -0.840. The summed E-state index contributed by atoms with van der Waals surface area (Å²) in [5.74, 6) is -0.0849. The Morgan fingerprint density at radius 2 is 1.80 bits per heavy atom. The Bertz CT molecular complexity index is 614. The Kier molecular flexibility index (Phi) is 5.64. The lowest BCUT2D eigenvalue weighted by Crippen LogP contribution is -2.26. The van der Waals surface area contributed by atoms with Crippen LogP contribution in [0.5, 0.6) is 0 Å². The van der Waals surface area contributed by atoms with E-state index in [9.17, 15) is 4.79 Å². The standard InChI is InChI=1S/C15H12Br2ClNO/c16-11-3-6-13(14(17)9-11)15(20)19-8-7-10-1-4-12(18)5-2-10/h1-6,9H,7-8H2,(H,19,20). The molecule has 5 heteroatoms. The molecule has 0 radical (unpaired) electrons. The lowest BCUT2D eigenvalue weighted by atomic mass is 10.1. The van der Waals surface area contributed by atoms with Gasteiger partial charge in [0.15, 0.2) is 0 Å². The second kappa shape index (κ2) is 7.25. The summed E-state index contributed by atoms with van der Waals surface area (Å²) in [6.45, 7) is 0.586. The number of hydrogen-bond donors (Lipinski definition) is 1. The zero-order chi connectivity index (χ0) is 14.5. The molecule has 0 bridgehead atoms. The number of carbonyl (C=O) groups is 1. The van der Waals surface area contributed by atoms with Crippen molar-refractivity contribution >= 4 is 49.4 Å². The number of carbonyl (C=O) groups excluding carboxylic acids is 1. The maximum atomic E-state index is 12.0. The van der Waals surface area contributed by atoms with Crippen LogP contribution in [0.25, 0.3) is 0 Å². The third-order valence-electron chi connectivity index (χ3n) is 2.79. The molecule has 20 heavy (non-hydrogen) atoms. The van der Waals surface area contributed by atoms with Gasteiger partial charge in [-0.1, -0.05) is 39.7 Å². The minimum atomic E-state index is -0.0849. The van der Waals surface area contributed by atoms with Crippen molar-refractivity contribution in [3.63, 3.8) is 0 Å². The molecular formula is C15H12Br2ClNO. The minimum Gasteiger partial charge on any atom is -0.352 e. The first-order valence-corrected chi connectivity index (χ1v) is 8.00. The first-order valence-electron chi connectivity index (χ1n) is 6.04. The van der Waals surface area contributed by atoms with E-state index < -0.39 is 0 Å². The van der Waals surface area contributed by atoms with Crippen LogP contribution >= 0.6 is 43.5 Å². The van der Waals surface area contributed by atoms with E-state index >= 15 is 0 Å². The first kappa shape index (κ1) is 15.5. The second-order valence-electron chi connectivity index (χ2n) is 4.26. The van der Waals surface area contributed by atoms with Gasteiger partial charge in [-0.3, -0.25) is 4.79 Å². The Labute approximate surface area is 139 Å². The fraction of sp³-hybridized carbons (Fsp3) is 0.133. The van der Waals surface area contributed by atoms with Crippen molar-refractivity contribution in [2.24, 2.45) is 0 Å². The summed E-state index contributed by atoms with van der Waals surface area (Å²) in [4.78, 5) is 12.0. The largest absolute Gasteiger partial charge is 0.352 e. The van der Waals surface area contributed by atoms with Crippen LogP contribution < -0.4 is 5.32 Å². The van der Waals surface area contributed by atoms with E-state index in [1.165, 1.54) is 0 Å². The molecule has 0 saturated carbocycles. The van der Waals surface area contributed by atoms with Gasteiger partial charge in [0.25, 0.3) is 5.91 Å². The van der Waals surface area contributed by atoms with Gasteiger partial charge in [-0.2, -0.15) is 0 Å². The van der Waals surface area contributed by atoms with Gasteiger partial charge >= 0.3 is 0 Å². The SMILES string of the molecule is O=C(NCCc1ccc(Cl)cc1)c1ccc(Br)cc1Br. The quantitative estimate of drug-likeness (QED) is 0.758. The predicted molar refractivity (Wildman–Crippen MR) is 89.3 cm³/mol. The monoisotopic (exact) mass is 415 g/mol. The van der Waals surface area contributed by atoms with Crippen LogP contribution in [0, 0.1) is 0 Å². The van der Waals surface area contributed by atoms with Crippen LogP contribution in [0.1, 0.15) is 15.9 Å². The average Bonchev–Trinajstić information content (AvgIpc) is 2.41. The van der Waals surface area contributed by atoms with E-state index in [0.29, 0.717) is 12.1 Å². The maximum Gasteiger partial charge on any atom is 0.252 e. The van der Waals surface area contributed by atoms with Crippen LogP contribution in [0.3, 0.4) is 0 Å². The van der Waals surface area contributed by atoms with Gasteiger partial charge < -0.3 is 5.32 Å². The molecule has 0 saturated heterocycles. The molecule has 2 aromatic rings. The molecule has 0 atom stereocenters. The zero-order valence-corrected chi connectivity index (χ0v) is 14.4. The van der Waals surface area contributed by atoms with Crippen molar-refractivity contribution < 1.29 is 4.79 Å². The molecule has 2 rings (SSSR count). The van der Waals surface area contributed by atoms with E-state index in [2.05, 4.69) is 37.2 Å². The van der Waals surface area contributed by atoms with E-state index in [4.69, 9.17) is 11.6 Å². The summed E-state index contributed by atoms with van der Waals surface area (Å²) in [5.41, 5.74) is 1.77. The molecule has 0 heterocycles. The molecule has 0 aromatic heterocycles. The molecule has 1 amide bonds. The molecule has 0 aliphatic carbocycles. The van der Waals surface area contributed by atoms with Crippen molar-refractivity contribution in [3.05, 3.63) is 67.6 Å². The van der Waals surface area contributed by atoms with Gasteiger partial charge in [-0.05, 0) is 58.2 Å². The number of benzene rings is 2.